The lowest BCUT2D eigenvalue weighted by Crippen LogP contribution is -2.53. The van der Waals surface area contributed by atoms with Crippen LogP contribution in [0.3, 0.4) is 0 Å². The Balaban J connectivity index is 1.55. The van der Waals surface area contributed by atoms with Gasteiger partial charge in [0.05, 0.1) is 12.2 Å². The van der Waals surface area contributed by atoms with E-state index in [-0.39, 0.29) is 0 Å². The van der Waals surface area contributed by atoms with Crippen LogP contribution in [-0.2, 0) is 0 Å². The lowest BCUT2D eigenvalue weighted by molar-refractivity contribution is 0.0152. The maximum atomic E-state index is 2.76. The topological polar surface area (TPSA) is 6.48 Å². The van der Waals surface area contributed by atoms with E-state index in [4.69, 9.17) is 0 Å². The number of fused-ring (bicyclic) bond motifs is 1. The molecule has 158 valence electrons. The first-order chi connectivity index (χ1) is 14.1. The monoisotopic (exact) mass is 392 g/mol. The molecule has 2 heterocycles. The summed E-state index contributed by atoms with van der Waals surface area (Å²) >= 11 is 0. The van der Waals surface area contributed by atoms with E-state index in [9.17, 15) is 0 Å². The Morgan fingerprint density at radius 3 is 2.00 bits per heavy atom. The predicted octanol–water partition coefficient (Wildman–Crippen LogP) is 6.89. The first-order valence-corrected chi connectivity index (χ1v) is 12.5. The summed E-state index contributed by atoms with van der Waals surface area (Å²) in [6.07, 6.45) is 20.3. The lowest BCUT2D eigenvalue weighted by Gasteiger charge is -2.51. The van der Waals surface area contributed by atoms with Crippen molar-refractivity contribution >= 4 is 5.69 Å². The van der Waals surface area contributed by atoms with Crippen molar-refractivity contribution in [2.45, 2.75) is 103 Å². The van der Waals surface area contributed by atoms with Crippen LogP contribution < -0.4 is 4.90 Å². The molecule has 2 aliphatic heterocycles. The van der Waals surface area contributed by atoms with Gasteiger partial charge in [-0.25, -0.2) is 0 Å². The highest BCUT2D eigenvalue weighted by molar-refractivity contribution is 5.56. The van der Waals surface area contributed by atoms with E-state index in [0.717, 1.165) is 11.8 Å². The largest absolute Gasteiger partial charge is 0.352 e. The van der Waals surface area contributed by atoms with Gasteiger partial charge in [0.25, 0.3) is 0 Å². The van der Waals surface area contributed by atoms with Crippen LogP contribution in [0.4, 0.5) is 5.69 Å². The van der Waals surface area contributed by atoms with Crippen molar-refractivity contribution < 1.29 is 0 Å². The summed E-state index contributed by atoms with van der Waals surface area (Å²) in [5.41, 5.74) is 3.25. The van der Waals surface area contributed by atoms with Crippen molar-refractivity contribution in [3.8, 4) is 0 Å². The molecular formula is C27H40N2. The summed E-state index contributed by atoms with van der Waals surface area (Å²) in [6.45, 7) is 7.25. The van der Waals surface area contributed by atoms with Gasteiger partial charge >= 0.3 is 0 Å². The van der Waals surface area contributed by atoms with E-state index in [1.165, 1.54) is 75.5 Å². The molecule has 0 spiro atoms. The molecule has 4 aliphatic rings. The SMILES string of the molecule is Cc1ccccc1N1C(C)N2C=CC(C3CCCCC3)(C3CCCCC3)C2[C@@H]1C. The van der Waals surface area contributed by atoms with Crippen molar-refractivity contribution in [1.82, 2.24) is 4.90 Å². The van der Waals surface area contributed by atoms with Crippen LogP contribution in [0, 0.1) is 24.2 Å². The van der Waals surface area contributed by atoms with Crippen molar-refractivity contribution in [2.75, 3.05) is 4.90 Å². The van der Waals surface area contributed by atoms with Crippen molar-refractivity contribution in [3.05, 3.63) is 42.1 Å². The molecule has 2 nitrogen and oxygen atoms in total. The molecule has 0 bridgehead atoms. The minimum absolute atomic E-state index is 0.395. The number of hydrogen-bond acceptors (Lipinski definition) is 2. The lowest BCUT2D eigenvalue weighted by atomic mass is 9.55. The van der Waals surface area contributed by atoms with Crippen LogP contribution in [-0.4, -0.2) is 23.1 Å². The maximum absolute atomic E-state index is 2.76. The number of aryl methyl sites for hydroxylation is 1. The third-order valence-electron chi connectivity index (χ3n) is 9.12. The van der Waals surface area contributed by atoms with Gasteiger partial charge in [-0.2, -0.15) is 0 Å². The third kappa shape index (κ3) is 2.96. The molecule has 1 aromatic carbocycles. The Labute approximate surface area is 178 Å². The highest BCUT2D eigenvalue weighted by Crippen LogP contribution is 2.59. The first-order valence-electron chi connectivity index (χ1n) is 12.5. The smallest absolute Gasteiger partial charge is 0.0989 e. The first kappa shape index (κ1) is 19.5. The minimum Gasteiger partial charge on any atom is -0.352 e. The van der Waals surface area contributed by atoms with Gasteiger partial charge in [0.2, 0.25) is 0 Å². The second-order valence-corrected chi connectivity index (χ2v) is 10.4. The van der Waals surface area contributed by atoms with Crippen molar-refractivity contribution in [2.24, 2.45) is 17.3 Å². The molecule has 5 rings (SSSR count). The molecule has 2 unspecified atom stereocenters. The molecule has 2 saturated carbocycles. The summed E-state index contributed by atoms with van der Waals surface area (Å²) in [5.74, 6) is 1.77. The van der Waals surface area contributed by atoms with Crippen LogP contribution in [0.1, 0.15) is 83.6 Å². The molecule has 1 aromatic rings. The van der Waals surface area contributed by atoms with E-state index >= 15 is 0 Å². The average molecular weight is 393 g/mol. The van der Waals surface area contributed by atoms with E-state index in [1.54, 1.807) is 0 Å². The summed E-state index contributed by atoms with van der Waals surface area (Å²) in [7, 11) is 0. The van der Waals surface area contributed by atoms with Crippen LogP contribution in [0.5, 0.6) is 0 Å². The highest BCUT2D eigenvalue weighted by atomic mass is 15.5. The standard InChI is InChI=1S/C27H40N2/c1-20-12-10-11-17-25(20)29-21(2)26-27(18-19-28(26)22(29)3,23-13-6-4-7-14-23)24-15-8-5-9-16-24/h10-12,17-19,21-24,26H,4-9,13-16H2,1-3H3/t21-,22?,26?/m0/s1. The molecule has 2 aliphatic carbocycles. The van der Waals surface area contributed by atoms with Gasteiger partial charge in [0.15, 0.2) is 0 Å². The zero-order chi connectivity index (χ0) is 20.0. The Bertz CT molecular complexity index is 723. The fourth-order valence-electron chi connectivity index (χ4n) is 7.89. The fraction of sp³-hybridized carbons (Fsp3) is 0.704. The Morgan fingerprint density at radius 1 is 0.828 bits per heavy atom. The zero-order valence-corrected chi connectivity index (χ0v) is 18.8. The van der Waals surface area contributed by atoms with Gasteiger partial charge in [-0.15, -0.1) is 0 Å². The summed E-state index contributed by atoms with van der Waals surface area (Å²) < 4.78 is 0. The molecule has 1 saturated heterocycles. The van der Waals surface area contributed by atoms with Crippen molar-refractivity contribution in [3.63, 3.8) is 0 Å². The van der Waals surface area contributed by atoms with Crippen molar-refractivity contribution in [1.29, 1.82) is 0 Å². The van der Waals surface area contributed by atoms with Gasteiger partial charge in [0, 0.05) is 17.1 Å². The minimum atomic E-state index is 0.395. The van der Waals surface area contributed by atoms with Gasteiger partial charge in [-0.1, -0.05) is 62.8 Å². The van der Waals surface area contributed by atoms with Gasteiger partial charge in [-0.05, 0) is 76.1 Å². The number of hydrogen-bond donors (Lipinski definition) is 0. The molecule has 3 fully saturated rings. The fourth-order valence-corrected chi connectivity index (χ4v) is 7.89. The second-order valence-electron chi connectivity index (χ2n) is 10.4. The van der Waals surface area contributed by atoms with E-state index in [1.807, 2.05) is 0 Å². The normalized spacial score (nSPS) is 32.7. The molecular weight excluding hydrogens is 352 g/mol. The Morgan fingerprint density at radius 2 is 1.41 bits per heavy atom. The quantitative estimate of drug-likeness (QED) is 0.552. The second kappa shape index (κ2) is 7.67. The number of anilines is 1. The number of para-hydroxylation sites is 1. The number of rotatable bonds is 3. The van der Waals surface area contributed by atoms with Gasteiger partial charge in [-0.3, -0.25) is 0 Å². The molecule has 29 heavy (non-hydrogen) atoms. The third-order valence-corrected chi connectivity index (χ3v) is 9.12. The Hall–Kier alpha value is -1.44. The van der Waals surface area contributed by atoms with E-state index in [0.29, 0.717) is 23.7 Å². The zero-order valence-electron chi connectivity index (χ0n) is 18.8. The highest BCUT2D eigenvalue weighted by Gasteiger charge is 2.60. The van der Waals surface area contributed by atoms with E-state index < -0.39 is 0 Å². The molecule has 0 amide bonds. The van der Waals surface area contributed by atoms with Crippen LogP contribution in [0.2, 0.25) is 0 Å². The van der Waals surface area contributed by atoms with E-state index in [2.05, 4.69) is 67.1 Å². The molecule has 0 radical (unpaired) electrons. The summed E-state index contributed by atoms with van der Waals surface area (Å²) in [6, 6.07) is 10.2. The average Bonchev–Trinajstić information content (AvgIpc) is 3.28. The predicted molar refractivity (Wildman–Crippen MR) is 123 cm³/mol. The van der Waals surface area contributed by atoms with Crippen LogP contribution in [0.15, 0.2) is 36.5 Å². The molecule has 2 heteroatoms. The van der Waals surface area contributed by atoms with Crippen LogP contribution >= 0.6 is 0 Å². The number of benzene rings is 1. The van der Waals surface area contributed by atoms with Crippen LogP contribution in [0.25, 0.3) is 0 Å². The maximum Gasteiger partial charge on any atom is 0.0989 e. The molecule has 3 atom stereocenters. The van der Waals surface area contributed by atoms with Gasteiger partial charge < -0.3 is 9.80 Å². The molecule has 0 N–H and O–H groups in total. The number of nitrogens with zero attached hydrogens (tertiary/aromatic N) is 2. The Kier molecular flexibility index (Phi) is 5.16. The molecule has 0 aromatic heterocycles. The summed E-state index contributed by atoms with van der Waals surface area (Å²) in [5, 5.41) is 0. The van der Waals surface area contributed by atoms with Gasteiger partial charge in [0.1, 0.15) is 0 Å². The summed E-state index contributed by atoms with van der Waals surface area (Å²) in [4.78, 5) is 5.50.